The predicted octanol–water partition coefficient (Wildman–Crippen LogP) is 3.51. The quantitative estimate of drug-likeness (QED) is 0.810. The Bertz CT molecular complexity index is 746. The highest BCUT2D eigenvalue weighted by Gasteiger charge is 2.23. The highest BCUT2D eigenvalue weighted by atomic mass is 32.1. The summed E-state index contributed by atoms with van der Waals surface area (Å²) in [6.07, 6.45) is 4.59. The van der Waals surface area contributed by atoms with Crippen molar-refractivity contribution in [2.75, 3.05) is 25.0 Å². The lowest BCUT2D eigenvalue weighted by molar-refractivity contribution is 0.0914. The maximum atomic E-state index is 12.6. The Morgan fingerprint density at radius 3 is 2.73 bits per heavy atom. The van der Waals surface area contributed by atoms with Crippen LogP contribution in [-0.2, 0) is 0 Å². The minimum absolute atomic E-state index is 0.0556. The van der Waals surface area contributed by atoms with Gasteiger partial charge < -0.3 is 20.0 Å². The minimum Gasteiger partial charge on any atom is -0.459 e. The van der Waals surface area contributed by atoms with Crippen LogP contribution in [0.3, 0.4) is 0 Å². The van der Waals surface area contributed by atoms with Gasteiger partial charge in [0.1, 0.15) is 0 Å². The van der Waals surface area contributed by atoms with E-state index in [0.717, 1.165) is 44.5 Å². The number of aryl methyl sites for hydroxylation is 1. The molecule has 3 heterocycles. The lowest BCUT2D eigenvalue weighted by Crippen LogP contribution is -2.44. The molecule has 2 amide bonds. The molecule has 0 aliphatic carbocycles. The van der Waals surface area contributed by atoms with Crippen LogP contribution in [0.5, 0.6) is 0 Å². The largest absolute Gasteiger partial charge is 0.459 e. The molecule has 6 nitrogen and oxygen atoms in total. The van der Waals surface area contributed by atoms with E-state index in [0.29, 0.717) is 9.88 Å². The van der Waals surface area contributed by atoms with Crippen LogP contribution < -0.4 is 10.6 Å². The molecule has 7 heteroatoms. The second kappa shape index (κ2) is 8.51. The van der Waals surface area contributed by atoms with E-state index in [2.05, 4.69) is 22.5 Å². The lowest BCUT2D eigenvalue weighted by Gasteiger charge is -2.32. The van der Waals surface area contributed by atoms with E-state index in [-0.39, 0.29) is 23.6 Å². The fourth-order valence-corrected chi connectivity index (χ4v) is 4.19. The minimum atomic E-state index is -0.313. The van der Waals surface area contributed by atoms with Crippen molar-refractivity contribution in [1.82, 2.24) is 10.2 Å². The summed E-state index contributed by atoms with van der Waals surface area (Å²) in [5, 5.41) is 6.57. The van der Waals surface area contributed by atoms with Gasteiger partial charge in [-0.05, 0) is 56.5 Å². The third-order valence-electron chi connectivity index (χ3n) is 4.57. The Kier molecular flexibility index (Phi) is 6.11. The van der Waals surface area contributed by atoms with E-state index in [1.807, 2.05) is 13.0 Å². The zero-order valence-corrected chi connectivity index (χ0v) is 16.0. The highest BCUT2D eigenvalue weighted by Crippen LogP contribution is 2.27. The molecule has 1 aliphatic rings. The fourth-order valence-electron chi connectivity index (χ4n) is 3.22. The Hall–Kier alpha value is -2.12. The number of furan rings is 1. The van der Waals surface area contributed by atoms with Crippen molar-refractivity contribution in [2.24, 2.45) is 0 Å². The molecule has 0 unspecified atom stereocenters. The van der Waals surface area contributed by atoms with Crippen LogP contribution in [0, 0.1) is 6.92 Å². The first-order valence-electron chi connectivity index (χ1n) is 9.05. The van der Waals surface area contributed by atoms with E-state index in [9.17, 15) is 9.59 Å². The molecule has 1 fully saturated rings. The number of carbonyl (C=O) groups is 2. The van der Waals surface area contributed by atoms with Gasteiger partial charge in [-0.25, -0.2) is 0 Å². The topological polar surface area (TPSA) is 74.6 Å². The van der Waals surface area contributed by atoms with Crippen LogP contribution >= 0.6 is 11.3 Å². The Morgan fingerprint density at radius 2 is 2.08 bits per heavy atom. The second-order valence-corrected chi connectivity index (χ2v) is 7.70. The summed E-state index contributed by atoms with van der Waals surface area (Å²) < 4.78 is 5.09. The number of piperidine rings is 1. The molecule has 1 aliphatic heterocycles. The molecule has 1 saturated heterocycles. The number of nitrogens with zero attached hydrogens (tertiary/aromatic N) is 1. The molecule has 3 rings (SSSR count). The standard InChI is InChI=1S/C19H25N3O3S/c1-3-8-22-9-6-14(7-10-22)20-19(24)17-13(2)12-16(26-17)21-18(23)15-5-4-11-25-15/h4-5,11-12,14H,3,6-10H2,1-2H3,(H,20,24)(H,21,23). The molecule has 0 atom stereocenters. The monoisotopic (exact) mass is 375 g/mol. The molecule has 0 aromatic carbocycles. The van der Waals surface area contributed by atoms with Gasteiger partial charge in [-0.2, -0.15) is 0 Å². The summed E-state index contributed by atoms with van der Waals surface area (Å²) in [6.45, 7) is 7.27. The first kappa shape index (κ1) is 18.7. The van der Waals surface area contributed by atoms with Crippen LogP contribution in [0.15, 0.2) is 28.9 Å². The number of hydrogen-bond acceptors (Lipinski definition) is 5. The van der Waals surface area contributed by atoms with Crippen LogP contribution in [0.2, 0.25) is 0 Å². The van der Waals surface area contributed by atoms with Gasteiger partial charge in [-0.1, -0.05) is 6.92 Å². The van der Waals surface area contributed by atoms with Crippen molar-refractivity contribution in [3.8, 4) is 0 Å². The second-order valence-electron chi connectivity index (χ2n) is 6.64. The number of anilines is 1. The van der Waals surface area contributed by atoms with Crippen molar-refractivity contribution in [3.05, 3.63) is 40.7 Å². The first-order valence-corrected chi connectivity index (χ1v) is 9.87. The van der Waals surface area contributed by atoms with Gasteiger partial charge >= 0.3 is 0 Å². The summed E-state index contributed by atoms with van der Waals surface area (Å²) in [4.78, 5) is 27.8. The molecule has 2 N–H and O–H groups in total. The predicted molar refractivity (Wildman–Crippen MR) is 103 cm³/mol. The summed E-state index contributed by atoms with van der Waals surface area (Å²) in [6, 6.07) is 5.32. The van der Waals surface area contributed by atoms with Gasteiger partial charge in [0.05, 0.1) is 16.1 Å². The van der Waals surface area contributed by atoms with E-state index in [1.54, 1.807) is 12.1 Å². The average molecular weight is 375 g/mol. The average Bonchev–Trinajstić information content (AvgIpc) is 3.27. The summed E-state index contributed by atoms with van der Waals surface area (Å²) in [5.41, 5.74) is 0.866. The Morgan fingerprint density at radius 1 is 1.31 bits per heavy atom. The number of likely N-dealkylation sites (tertiary alicyclic amines) is 1. The van der Waals surface area contributed by atoms with Crippen molar-refractivity contribution >= 4 is 28.2 Å². The smallest absolute Gasteiger partial charge is 0.291 e. The van der Waals surface area contributed by atoms with Gasteiger partial charge in [-0.15, -0.1) is 11.3 Å². The number of thiophene rings is 1. The molecule has 2 aromatic heterocycles. The molecule has 26 heavy (non-hydrogen) atoms. The normalized spacial score (nSPS) is 15.8. The molecule has 0 spiro atoms. The Labute approximate surface area is 157 Å². The molecule has 0 radical (unpaired) electrons. The van der Waals surface area contributed by atoms with Gasteiger partial charge in [0.25, 0.3) is 11.8 Å². The van der Waals surface area contributed by atoms with Crippen LogP contribution in [0.4, 0.5) is 5.00 Å². The van der Waals surface area contributed by atoms with Crippen LogP contribution in [0.25, 0.3) is 0 Å². The molecule has 140 valence electrons. The Balaban J connectivity index is 1.56. The third-order valence-corrected chi connectivity index (χ3v) is 5.72. The van der Waals surface area contributed by atoms with Crippen molar-refractivity contribution < 1.29 is 14.0 Å². The van der Waals surface area contributed by atoms with Crippen molar-refractivity contribution in [1.29, 1.82) is 0 Å². The molecular formula is C19H25N3O3S. The van der Waals surface area contributed by atoms with E-state index in [4.69, 9.17) is 4.42 Å². The molecule has 0 saturated carbocycles. The third kappa shape index (κ3) is 4.53. The zero-order chi connectivity index (χ0) is 18.5. The van der Waals surface area contributed by atoms with Gasteiger partial charge in [0, 0.05) is 19.1 Å². The lowest BCUT2D eigenvalue weighted by atomic mass is 10.0. The van der Waals surface area contributed by atoms with Gasteiger partial charge in [-0.3, -0.25) is 9.59 Å². The van der Waals surface area contributed by atoms with Crippen LogP contribution in [-0.4, -0.2) is 42.4 Å². The maximum absolute atomic E-state index is 12.6. The van der Waals surface area contributed by atoms with Crippen LogP contribution in [0.1, 0.15) is 52.0 Å². The maximum Gasteiger partial charge on any atom is 0.291 e. The number of carbonyl (C=O) groups excluding carboxylic acids is 2. The number of hydrogen-bond donors (Lipinski definition) is 2. The number of nitrogens with one attached hydrogen (secondary N) is 2. The zero-order valence-electron chi connectivity index (χ0n) is 15.2. The molecule has 2 aromatic rings. The van der Waals surface area contributed by atoms with Gasteiger partial charge in [0.2, 0.25) is 0 Å². The van der Waals surface area contributed by atoms with E-state index in [1.165, 1.54) is 17.6 Å². The number of amides is 2. The summed E-state index contributed by atoms with van der Waals surface area (Å²) in [5.74, 6) is -0.118. The van der Waals surface area contributed by atoms with Crippen molar-refractivity contribution in [3.63, 3.8) is 0 Å². The van der Waals surface area contributed by atoms with Gasteiger partial charge in [0.15, 0.2) is 5.76 Å². The SMILES string of the molecule is CCCN1CCC(NC(=O)c2sc(NC(=O)c3ccco3)cc2C)CC1. The summed E-state index contributed by atoms with van der Waals surface area (Å²) in [7, 11) is 0. The van der Waals surface area contributed by atoms with E-state index >= 15 is 0 Å². The van der Waals surface area contributed by atoms with Crippen molar-refractivity contribution in [2.45, 2.75) is 39.2 Å². The molecular weight excluding hydrogens is 350 g/mol. The molecule has 0 bridgehead atoms. The highest BCUT2D eigenvalue weighted by molar-refractivity contribution is 7.18. The fraction of sp³-hybridized carbons (Fsp3) is 0.474. The van der Waals surface area contributed by atoms with E-state index < -0.39 is 0 Å². The first-order chi connectivity index (χ1) is 12.6. The number of rotatable bonds is 6. The summed E-state index contributed by atoms with van der Waals surface area (Å²) >= 11 is 1.29.